The summed E-state index contributed by atoms with van der Waals surface area (Å²) in [6, 6.07) is 0. The Morgan fingerprint density at radius 3 is 2.24 bits per heavy atom. The SMILES string of the molecule is CC[C@@H](C(C)C)[C@H](O)[C@@H](O)[C@@H](C)[C@H]1CC[C@H]2[C@@H]3CC(=O)C4C[C@H](F)CC[C@]4(C)[C@H]3CC[C@]12C. The molecule has 4 saturated carbocycles. The van der Waals surface area contributed by atoms with Gasteiger partial charge in [0.05, 0.1) is 12.2 Å². The molecule has 4 heteroatoms. The molecule has 1 unspecified atom stereocenters. The molecule has 0 radical (unpaired) electrons. The topological polar surface area (TPSA) is 57.5 Å². The first-order valence-electron chi connectivity index (χ1n) is 14.0. The van der Waals surface area contributed by atoms with Gasteiger partial charge in [-0.3, -0.25) is 4.79 Å². The number of aliphatic hydroxyl groups is 2. The molecule has 4 fully saturated rings. The normalized spacial score (nSPS) is 46.8. The summed E-state index contributed by atoms with van der Waals surface area (Å²) in [7, 11) is 0. The van der Waals surface area contributed by atoms with Gasteiger partial charge in [0.1, 0.15) is 12.0 Å². The zero-order chi connectivity index (χ0) is 24.3. The molecule has 0 amide bonds. The highest BCUT2D eigenvalue weighted by Gasteiger charge is 2.63. The molecule has 2 N–H and O–H groups in total. The van der Waals surface area contributed by atoms with Crippen LogP contribution in [0, 0.1) is 58.2 Å². The summed E-state index contributed by atoms with van der Waals surface area (Å²) in [6.07, 6.45) is 5.68. The van der Waals surface area contributed by atoms with Crippen molar-refractivity contribution in [1.82, 2.24) is 0 Å². The number of carbonyl (C=O) groups is 1. The van der Waals surface area contributed by atoms with Crippen molar-refractivity contribution < 1.29 is 19.4 Å². The van der Waals surface area contributed by atoms with Crippen molar-refractivity contribution in [2.75, 3.05) is 0 Å². The Hall–Kier alpha value is -0.480. The number of hydrogen-bond acceptors (Lipinski definition) is 3. The van der Waals surface area contributed by atoms with Gasteiger partial charge in [-0.1, -0.05) is 48.0 Å². The number of carbonyl (C=O) groups excluding carboxylic acids is 1. The molecular formula is C29H49FO3. The third-order valence-electron chi connectivity index (χ3n) is 11.8. The predicted molar refractivity (Wildman–Crippen MR) is 130 cm³/mol. The van der Waals surface area contributed by atoms with Crippen LogP contribution in [-0.2, 0) is 4.79 Å². The van der Waals surface area contributed by atoms with Crippen LogP contribution in [0.1, 0.15) is 99.3 Å². The quantitative estimate of drug-likeness (QED) is 0.492. The third kappa shape index (κ3) is 4.03. The van der Waals surface area contributed by atoms with E-state index in [4.69, 9.17) is 0 Å². The van der Waals surface area contributed by atoms with E-state index in [9.17, 15) is 19.4 Å². The molecule has 0 aromatic heterocycles. The first-order valence-corrected chi connectivity index (χ1v) is 14.0. The molecule has 33 heavy (non-hydrogen) atoms. The second-order valence-corrected chi connectivity index (χ2v) is 13.4. The van der Waals surface area contributed by atoms with Gasteiger partial charge in [0.2, 0.25) is 0 Å². The summed E-state index contributed by atoms with van der Waals surface area (Å²) >= 11 is 0. The minimum atomic E-state index is -0.806. The van der Waals surface area contributed by atoms with Gasteiger partial charge in [0.15, 0.2) is 0 Å². The molecular weight excluding hydrogens is 415 g/mol. The summed E-state index contributed by atoms with van der Waals surface area (Å²) < 4.78 is 14.2. The molecule has 0 aliphatic heterocycles. The van der Waals surface area contributed by atoms with Crippen LogP contribution in [0.25, 0.3) is 0 Å². The molecule has 190 valence electrons. The van der Waals surface area contributed by atoms with Crippen LogP contribution in [0.3, 0.4) is 0 Å². The first-order chi connectivity index (χ1) is 15.5. The number of Topliss-reactive ketones (excluding diaryl/α,β-unsaturated/α-hetero) is 1. The standard InChI is InChI=1S/C29H49FO3/c1-7-19(16(2)3)27(33)26(32)17(4)21-8-9-22-20-15-25(31)24-14-18(30)10-12-29(24,6)23(20)11-13-28(21,22)5/h16-24,26-27,32-33H,7-15H2,1-6H3/t17-,18+,19-,20-,21+,22-,23-,24?,26-,27-,28+,29+/m0/s1. The maximum absolute atomic E-state index is 14.2. The van der Waals surface area contributed by atoms with E-state index in [0.29, 0.717) is 54.6 Å². The molecule has 3 nitrogen and oxygen atoms in total. The van der Waals surface area contributed by atoms with Crippen LogP contribution in [0.15, 0.2) is 0 Å². The van der Waals surface area contributed by atoms with E-state index in [1.807, 2.05) is 0 Å². The lowest BCUT2D eigenvalue weighted by atomic mass is 9.44. The van der Waals surface area contributed by atoms with Crippen LogP contribution in [0.2, 0.25) is 0 Å². The van der Waals surface area contributed by atoms with Crippen molar-refractivity contribution in [1.29, 1.82) is 0 Å². The van der Waals surface area contributed by atoms with Crippen molar-refractivity contribution in [3.63, 3.8) is 0 Å². The van der Waals surface area contributed by atoms with E-state index in [1.54, 1.807) is 0 Å². The van der Waals surface area contributed by atoms with Gasteiger partial charge in [-0.15, -0.1) is 0 Å². The summed E-state index contributed by atoms with van der Waals surface area (Å²) in [4.78, 5) is 13.3. The molecule has 0 aromatic rings. The van der Waals surface area contributed by atoms with E-state index < -0.39 is 18.4 Å². The van der Waals surface area contributed by atoms with E-state index in [0.717, 1.165) is 38.5 Å². The fourth-order valence-corrected chi connectivity index (χ4v) is 9.81. The average molecular weight is 465 g/mol. The summed E-state index contributed by atoms with van der Waals surface area (Å²) in [5.41, 5.74) is 0.0799. The van der Waals surface area contributed by atoms with Crippen LogP contribution < -0.4 is 0 Å². The van der Waals surface area contributed by atoms with E-state index in [2.05, 4.69) is 41.5 Å². The maximum Gasteiger partial charge on any atom is 0.136 e. The number of hydrogen-bond donors (Lipinski definition) is 2. The average Bonchev–Trinajstić information content (AvgIpc) is 3.11. The van der Waals surface area contributed by atoms with E-state index in [-0.39, 0.29) is 28.6 Å². The van der Waals surface area contributed by atoms with Crippen molar-refractivity contribution in [3.8, 4) is 0 Å². The summed E-state index contributed by atoms with van der Waals surface area (Å²) in [5, 5.41) is 22.3. The number of rotatable bonds is 6. The highest BCUT2D eigenvalue weighted by molar-refractivity contribution is 5.83. The van der Waals surface area contributed by atoms with Crippen molar-refractivity contribution >= 4 is 5.78 Å². The lowest BCUT2D eigenvalue weighted by Gasteiger charge is -2.60. The third-order valence-corrected chi connectivity index (χ3v) is 11.8. The van der Waals surface area contributed by atoms with Gasteiger partial charge in [-0.2, -0.15) is 0 Å². The highest BCUT2D eigenvalue weighted by Crippen LogP contribution is 2.68. The van der Waals surface area contributed by atoms with Gasteiger partial charge >= 0.3 is 0 Å². The predicted octanol–water partition coefficient (Wildman–Crippen LogP) is 6.20. The van der Waals surface area contributed by atoms with Crippen molar-refractivity contribution in [2.24, 2.45) is 58.2 Å². The first kappa shape index (κ1) is 25.6. The number of fused-ring (bicyclic) bond motifs is 5. The molecule has 0 saturated heterocycles. The number of ketones is 1. The molecule has 4 aliphatic carbocycles. The number of halogens is 1. The fraction of sp³-hybridized carbons (Fsp3) is 0.966. The lowest BCUT2D eigenvalue weighted by Crippen LogP contribution is -2.57. The summed E-state index contributed by atoms with van der Waals surface area (Å²) in [5.74, 6) is 2.56. The largest absolute Gasteiger partial charge is 0.390 e. The Morgan fingerprint density at radius 2 is 1.61 bits per heavy atom. The number of alkyl halides is 1. The Morgan fingerprint density at radius 1 is 0.970 bits per heavy atom. The van der Waals surface area contributed by atoms with Gasteiger partial charge in [-0.25, -0.2) is 4.39 Å². The Kier molecular flexibility index (Phi) is 7.13. The van der Waals surface area contributed by atoms with Crippen molar-refractivity contribution in [2.45, 2.75) is 118 Å². The second kappa shape index (κ2) is 9.19. The van der Waals surface area contributed by atoms with Crippen LogP contribution >= 0.6 is 0 Å². The van der Waals surface area contributed by atoms with Crippen LogP contribution in [0.4, 0.5) is 4.39 Å². The van der Waals surface area contributed by atoms with Gasteiger partial charge < -0.3 is 10.2 Å². The summed E-state index contributed by atoms with van der Waals surface area (Å²) in [6.45, 7) is 13.2. The van der Waals surface area contributed by atoms with Crippen molar-refractivity contribution in [3.05, 3.63) is 0 Å². The zero-order valence-corrected chi connectivity index (χ0v) is 21.9. The minimum absolute atomic E-state index is 0.0328. The molecule has 0 heterocycles. The highest BCUT2D eigenvalue weighted by atomic mass is 19.1. The Bertz CT molecular complexity index is 724. The molecule has 4 rings (SSSR count). The van der Waals surface area contributed by atoms with Crippen LogP contribution in [0.5, 0.6) is 0 Å². The lowest BCUT2D eigenvalue weighted by molar-refractivity contribution is -0.159. The maximum atomic E-state index is 14.2. The zero-order valence-electron chi connectivity index (χ0n) is 21.9. The van der Waals surface area contributed by atoms with Gasteiger partial charge in [0, 0.05) is 12.3 Å². The molecule has 12 atom stereocenters. The smallest absolute Gasteiger partial charge is 0.136 e. The van der Waals surface area contributed by atoms with E-state index >= 15 is 0 Å². The number of aliphatic hydroxyl groups excluding tert-OH is 2. The van der Waals surface area contributed by atoms with Crippen LogP contribution in [-0.4, -0.2) is 34.4 Å². The minimum Gasteiger partial charge on any atom is -0.390 e. The Labute approximate surface area is 201 Å². The van der Waals surface area contributed by atoms with Gasteiger partial charge in [-0.05, 0) is 97.2 Å². The monoisotopic (exact) mass is 464 g/mol. The van der Waals surface area contributed by atoms with Gasteiger partial charge in [0.25, 0.3) is 0 Å². The molecule has 4 aliphatic rings. The second-order valence-electron chi connectivity index (χ2n) is 13.4. The molecule has 0 spiro atoms. The fourth-order valence-electron chi connectivity index (χ4n) is 9.81. The Balaban J connectivity index is 1.54. The molecule has 0 aromatic carbocycles. The molecule has 0 bridgehead atoms. The van der Waals surface area contributed by atoms with E-state index in [1.165, 1.54) is 0 Å².